The normalized spacial score (nSPS) is 10.5. The van der Waals surface area contributed by atoms with Crippen molar-refractivity contribution in [2.75, 3.05) is 7.11 Å². The van der Waals surface area contributed by atoms with Crippen LogP contribution in [-0.4, -0.2) is 23.0 Å². The summed E-state index contributed by atoms with van der Waals surface area (Å²) in [6, 6.07) is 13.5. The molecule has 0 atom stereocenters. The van der Waals surface area contributed by atoms with Crippen LogP contribution in [0.3, 0.4) is 0 Å². The molecule has 0 aliphatic heterocycles. The minimum atomic E-state index is -0.283. The molecule has 0 spiro atoms. The van der Waals surface area contributed by atoms with Crippen LogP contribution in [0.15, 0.2) is 54.7 Å². The smallest absolute Gasteiger partial charge is 0.224 e. The molecular formula is C19H18FN3O2. The van der Waals surface area contributed by atoms with Gasteiger partial charge in [0.1, 0.15) is 17.4 Å². The second kappa shape index (κ2) is 7.61. The Morgan fingerprint density at radius 1 is 1.16 bits per heavy atom. The Kier molecular flexibility index (Phi) is 5.09. The number of imidazole rings is 1. The largest absolute Gasteiger partial charge is 0.497 e. The second-order valence-electron chi connectivity index (χ2n) is 5.55. The van der Waals surface area contributed by atoms with Crippen molar-refractivity contribution in [1.82, 2.24) is 15.3 Å². The predicted octanol–water partition coefficient (Wildman–Crippen LogP) is 3.08. The lowest BCUT2D eigenvalue weighted by atomic mass is 10.1. The SMILES string of the molecule is COc1ccc(CC(=O)NCc2ncc(-c3ccc(F)cc3)[nH]2)cc1. The average molecular weight is 339 g/mol. The molecule has 0 fully saturated rings. The van der Waals surface area contributed by atoms with Crippen LogP contribution in [0.25, 0.3) is 11.3 Å². The van der Waals surface area contributed by atoms with E-state index in [0.717, 1.165) is 22.6 Å². The van der Waals surface area contributed by atoms with Gasteiger partial charge < -0.3 is 15.0 Å². The van der Waals surface area contributed by atoms with Gasteiger partial charge in [0.2, 0.25) is 5.91 Å². The predicted molar refractivity (Wildman–Crippen MR) is 92.5 cm³/mol. The standard InChI is InChI=1S/C19H18FN3O2/c1-25-16-8-2-13(3-9-16)10-19(24)22-12-18-21-11-17(23-18)14-4-6-15(20)7-5-14/h2-9,11H,10,12H2,1H3,(H,21,23)(H,22,24). The summed E-state index contributed by atoms with van der Waals surface area (Å²) in [7, 11) is 1.60. The highest BCUT2D eigenvalue weighted by molar-refractivity contribution is 5.78. The van der Waals surface area contributed by atoms with Gasteiger partial charge in [0.25, 0.3) is 0 Å². The number of hydrogen-bond acceptors (Lipinski definition) is 3. The number of aromatic nitrogens is 2. The molecule has 0 aliphatic carbocycles. The molecule has 0 aliphatic rings. The molecule has 128 valence electrons. The van der Waals surface area contributed by atoms with Crippen molar-refractivity contribution in [2.45, 2.75) is 13.0 Å². The van der Waals surface area contributed by atoms with E-state index in [2.05, 4.69) is 15.3 Å². The summed E-state index contributed by atoms with van der Waals surface area (Å²) in [5.41, 5.74) is 2.52. The highest BCUT2D eigenvalue weighted by Crippen LogP contribution is 2.17. The third-order valence-electron chi connectivity index (χ3n) is 3.76. The summed E-state index contributed by atoms with van der Waals surface area (Å²) < 4.78 is 18.0. The molecule has 25 heavy (non-hydrogen) atoms. The number of H-pyrrole nitrogens is 1. The van der Waals surface area contributed by atoms with Crippen LogP contribution >= 0.6 is 0 Å². The third-order valence-corrected chi connectivity index (χ3v) is 3.76. The van der Waals surface area contributed by atoms with Gasteiger partial charge >= 0.3 is 0 Å². The summed E-state index contributed by atoms with van der Waals surface area (Å²) in [5.74, 6) is 1.02. The molecule has 1 aromatic heterocycles. The van der Waals surface area contributed by atoms with Crippen LogP contribution in [0.5, 0.6) is 5.75 Å². The number of methoxy groups -OCH3 is 1. The molecule has 1 amide bonds. The summed E-state index contributed by atoms with van der Waals surface area (Å²) in [5, 5.41) is 2.83. The Hall–Kier alpha value is -3.15. The molecule has 3 aromatic rings. The van der Waals surface area contributed by atoms with Crippen LogP contribution in [0.4, 0.5) is 4.39 Å². The number of amides is 1. The van der Waals surface area contributed by atoms with Crippen molar-refractivity contribution in [3.05, 3.63) is 71.9 Å². The number of carbonyl (C=O) groups excluding carboxylic acids is 1. The van der Waals surface area contributed by atoms with Crippen molar-refractivity contribution in [2.24, 2.45) is 0 Å². The summed E-state index contributed by atoms with van der Waals surface area (Å²) >= 11 is 0. The maximum atomic E-state index is 13.0. The second-order valence-corrected chi connectivity index (χ2v) is 5.55. The maximum absolute atomic E-state index is 13.0. The first-order valence-corrected chi connectivity index (χ1v) is 7.83. The van der Waals surface area contributed by atoms with Crippen molar-refractivity contribution in [3.8, 4) is 17.0 Å². The van der Waals surface area contributed by atoms with Gasteiger partial charge in [-0.25, -0.2) is 9.37 Å². The zero-order valence-electron chi connectivity index (χ0n) is 13.8. The molecule has 0 saturated carbocycles. The molecule has 2 N–H and O–H groups in total. The van der Waals surface area contributed by atoms with Gasteiger partial charge in [-0.1, -0.05) is 12.1 Å². The van der Waals surface area contributed by atoms with Crippen molar-refractivity contribution < 1.29 is 13.9 Å². The van der Waals surface area contributed by atoms with E-state index >= 15 is 0 Å². The number of rotatable bonds is 6. The first-order valence-electron chi connectivity index (χ1n) is 7.83. The molecule has 0 saturated heterocycles. The van der Waals surface area contributed by atoms with E-state index in [4.69, 9.17) is 4.74 Å². The molecular weight excluding hydrogens is 321 g/mol. The van der Waals surface area contributed by atoms with E-state index in [1.54, 1.807) is 25.4 Å². The maximum Gasteiger partial charge on any atom is 0.224 e. The van der Waals surface area contributed by atoms with Gasteiger partial charge in [-0.15, -0.1) is 0 Å². The molecule has 0 unspecified atom stereocenters. The minimum absolute atomic E-state index is 0.0927. The Bertz CT molecular complexity index is 842. The fraction of sp³-hybridized carbons (Fsp3) is 0.158. The quantitative estimate of drug-likeness (QED) is 0.725. The van der Waals surface area contributed by atoms with Gasteiger partial charge in [0.15, 0.2) is 0 Å². The summed E-state index contributed by atoms with van der Waals surface area (Å²) in [6.07, 6.45) is 1.95. The highest BCUT2D eigenvalue weighted by atomic mass is 19.1. The van der Waals surface area contributed by atoms with E-state index in [1.807, 2.05) is 24.3 Å². The molecule has 0 radical (unpaired) electrons. The number of hydrogen-bond donors (Lipinski definition) is 2. The van der Waals surface area contributed by atoms with E-state index in [1.165, 1.54) is 12.1 Å². The van der Waals surface area contributed by atoms with Crippen LogP contribution in [-0.2, 0) is 17.8 Å². The molecule has 6 heteroatoms. The van der Waals surface area contributed by atoms with E-state index in [-0.39, 0.29) is 18.1 Å². The number of carbonyl (C=O) groups is 1. The van der Waals surface area contributed by atoms with Crippen LogP contribution < -0.4 is 10.1 Å². The van der Waals surface area contributed by atoms with Gasteiger partial charge in [-0.05, 0) is 47.5 Å². The van der Waals surface area contributed by atoms with Crippen LogP contribution in [0.2, 0.25) is 0 Å². The van der Waals surface area contributed by atoms with Gasteiger partial charge in [0, 0.05) is 0 Å². The third kappa shape index (κ3) is 4.44. The van der Waals surface area contributed by atoms with Crippen LogP contribution in [0, 0.1) is 5.82 Å². The average Bonchev–Trinajstić information content (AvgIpc) is 3.10. The zero-order valence-corrected chi connectivity index (χ0v) is 13.8. The number of benzene rings is 2. The fourth-order valence-corrected chi connectivity index (χ4v) is 2.40. The Morgan fingerprint density at radius 2 is 1.88 bits per heavy atom. The number of halogens is 1. The first-order chi connectivity index (χ1) is 12.1. The zero-order chi connectivity index (χ0) is 17.6. The van der Waals surface area contributed by atoms with Crippen molar-refractivity contribution in [3.63, 3.8) is 0 Å². The molecule has 2 aromatic carbocycles. The number of nitrogens with one attached hydrogen (secondary N) is 2. The Balaban J connectivity index is 1.54. The lowest BCUT2D eigenvalue weighted by Crippen LogP contribution is -2.25. The van der Waals surface area contributed by atoms with Crippen molar-refractivity contribution in [1.29, 1.82) is 0 Å². The molecule has 0 bridgehead atoms. The van der Waals surface area contributed by atoms with Crippen LogP contribution in [0.1, 0.15) is 11.4 Å². The van der Waals surface area contributed by atoms with Crippen molar-refractivity contribution >= 4 is 5.91 Å². The molecule has 3 rings (SSSR count). The number of ether oxygens (including phenoxy) is 1. The minimum Gasteiger partial charge on any atom is -0.497 e. The van der Waals surface area contributed by atoms with Gasteiger partial charge in [0.05, 0.1) is 32.0 Å². The summed E-state index contributed by atoms with van der Waals surface area (Å²) in [4.78, 5) is 19.4. The van der Waals surface area contributed by atoms with E-state index in [9.17, 15) is 9.18 Å². The van der Waals surface area contributed by atoms with E-state index in [0.29, 0.717) is 12.4 Å². The first kappa shape index (κ1) is 16.7. The number of nitrogens with zero attached hydrogens (tertiary/aromatic N) is 1. The Morgan fingerprint density at radius 3 is 2.56 bits per heavy atom. The van der Waals surface area contributed by atoms with E-state index < -0.39 is 0 Å². The highest BCUT2D eigenvalue weighted by Gasteiger charge is 2.07. The topological polar surface area (TPSA) is 67.0 Å². The molecule has 5 nitrogen and oxygen atoms in total. The number of aromatic amines is 1. The lowest BCUT2D eigenvalue weighted by Gasteiger charge is -2.05. The molecule has 1 heterocycles. The summed E-state index contributed by atoms with van der Waals surface area (Å²) in [6.45, 7) is 0.302. The van der Waals surface area contributed by atoms with Gasteiger partial charge in [-0.3, -0.25) is 4.79 Å². The van der Waals surface area contributed by atoms with Gasteiger partial charge in [-0.2, -0.15) is 0 Å². The lowest BCUT2D eigenvalue weighted by molar-refractivity contribution is -0.120. The monoisotopic (exact) mass is 339 g/mol. The Labute approximate surface area is 144 Å². The fourth-order valence-electron chi connectivity index (χ4n) is 2.40.